The maximum atomic E-state index is 5.87. The van der Waals surface area contributed by atoms with Crippen LogP contribution in [0, 0.1) is 0 Å². The minimum absolute atomic E-state index is 0.0274. The van der Waals surface area contributed by atoms with Gasteiger partial charge in [-0.3, -0.25) is 0 Å². The van der Waals surface area contributed by atoms with Crippen molar-refractivity contribution in [2.24, 2.45) is 5.73 Å². The third-order valence-corrected chi connectivity index (χ3v) is 3.14. The summed E-state index contributed by atoms with van der Waals surface area (Å²) in [7, 11) is 0. The van der Waals surface area contributed by atoms with Gasteiger partial charge >= 0.3 is 0 Å². The summed E-state index contributed by atoms with van der Waals surface area (Å²) in [5.41, 5.74) is 5.90. The standard InChI is InChI=1S/C11H18N4/c12-9-11(5-2-1-3-6-11)15-10-13-7-4-8-14-10/h4,7-8H,1-3,5-6,9,12H2,(H,13,14,15). The van der Waals surface area contributed by atoms with Crippen LogP contribution in [-0.2, 0) is 0 Å². The number of hydrogen-bond donors (Lipinski definition) is 2. The van der Waals surface area contributed by atoms with Crippen molar-refractivity contribution in [1.29, 1.82) is 0 Å². The number of rotatable bonds is 3. The number of anilines is 1. The fraction of sp³-hybridized carbons (Fsp3) is 0.636. The Balaban J connectivity index is 2.07. The molecule has 4 heteroatoms. The molecule has 1 aromatic rings. The second-order valence-electron chi connectivity index (χ2n) is 4.24. The molecule has 0 unspecified atom stereocenters. The highest BCUT2D eigenvalue weighted by Gasteiger charge is 2.30. The third kappa shape index (κ3) is 2.45. The summed E-state index contributed by atoms with van der Waals surface area (Å²) in [6, 6.07) is 1.82. The Kier molecular flexibility index (Phi) is 3.16. The fourth-order valence-corrected chi connectivity index (χ4v) is 2.21. The Morgan fingerprint density at radius 2 is 1.87 bits per heavy atom. The van der Waals surface area contributed by atoms with Crippen molar-refractivity contribution >= 4 is 5.95 Å². The first-order valence-electron chi connectivity index (χ1n) is 5.60. The molecule has 4 nitrogen and oxygen atoms in total. The zero-order valence-corrected chi connectivity index (χ0v) is 8.95. The summed E-state index contributed by atoms with van der Waals surface area (Å²) < 4.78 is 0. The molecule has 1 fully saturated rings. The van der Waals surface area contributed by atoms with Crippen LogP contribution >= 0.6 is 0 Å². The molecule has 0 bridgehead atoms. The maximum Gasteiger partial charge on any atom is 0.223 e. The van der Waals surface area contributed by atoms with Gasteiger partial charge < -0.3 is 11.1 Å². The number of hydrogen-bond acceptors (Lipinski definition) is 4. The van der Waals surface area contributed by atoms with Gasteiger partial charge in [-0.25, -0.2) is 9.97 Å². The normalized spacial score (nSPS) is 19.8. The molecule has 0 aromatic carbocycles. The lowest BCUT2D eigenvalue weighted by Gasteiger charge is -2.37. The van der Waals surface area contributed by atoms with E-state index < -0.39 is 0 Å². The van der Waals surface area contributed by atoms with E-state index >= 15 is 0 Å². The molecule has 0 spiro atoms. The highest BCUT2D eigenvalue weighted by molar-refractivity contribution is 5.28. The van der Waals surface area contributed by atoms with Gasteiger partial charge in [-0.05, 0) is 18.9 Å². The first kappa shape index (κ1) is 10.4. The van der Waals surface area contributed by atoms with E-state index in [9.17, 15) is 0 Å². The number of nitrogens with zero attached hydrogens (tertiary/aromatic N) is 2. The molecule has 0 saturated heterocycles. The van der Waals surface area contributed by atoms with Crippen molar-refractivity contribution in [2.75, 3.05) is 11.9 Å². The highest BCUT2D eigenvalue weighted by Crippen LogP contribution is 2.29. The van der Waals surface area contributed by atoms with Crippen molar-refractivity contribution in [3.63, 3.8) is 0 Å². The van der Waals surface area contributed by atoms with Crippen LogP contribution in [0.4, 0.5) is 5.95 Å². The predicted molar refractivity (Wildman–Crippen MR) is 60.5 cm³/mol. The molecule has 82 valence electrons. The lowest BCUT2D eigenvalue weighted by molar-refractivity contribution is 0.329. The fourth-order valence-electron chi connectivity index (χ4n) is 2.21. The van der Waals surface area contributed by atoms with Crippen molar-refractivity contribution in [1.82, 2.24) is 9.97 Å². The molecule has 0 amide bonds. The number of aromatic nitrogens is 2. The van der Waals surface area contributed by atoms with Crippen molar-refractivity contribution < 1.29 is 0 Å². The highest BCUT2D eigenvalue weighted by atomic mass is 15.1. The van der Waals surface area contributed by atoms with E-state index in [1.165, 1.54) is 19.3 Å². The third-order valence-electron chi connectivity index (χ3n) is 3.14. The monoisotopic (exact) mass is 206 g/mol. The maximum absolute atomic E-state index is 5.87. The molecule has 3 N–H and O–H groups in total. The Morgan fingerprint density at radius 3 is 2.47 bits per heavy atom. The molecule has 1 saturated carbocycles. The number of nitrogens with two attached hydrogens (primary N) is 1. The van der Waals surface area contributed by atoms with Crippen molar-refractivity contribution in [3.8, 4) is 0 Å². The van der Waals surface area contributed by atoms with Gasteiger partial charge in [-0.2, -0.15) is 0 Å². The Hall–Kier alpha value is -1.16. The van der Waals surface area contributed by atoms with Crippen LogP contribution in [0.15, 0.2) is 18.5 Å². The average Bonchev–Trinajstić information content (AvgIpc) is 2.32. The predicted octanol–water partition coefficient (Wildman–Crippen LogP) is 1.55. The van der Waals surface area contributed by atoms with Gasteiger partial charge in [0.25, 0.3) is 0 Å². The van der Waals surface area contributed by atoms with E-state index in [0.717, 1.165) is 12.8 Å². The van der Waals surface area contributed by atoms with E-state index in [-0.39, 0.29) is 5.54 Å². The second kappa shape index (κ2) is 4.57. The lowest BCUT2D eigenvalue weighted by atomic mass is 9.82. The quantitative estimate of drug-likeness (QED) is 0.787. The van der Waals surface area contributed by atoms with Crippen LogP contribution in [0.5, 0.6) is 0 Å². The van der Waals surface area contributed by atoms with Gasteiger partial charge in [0.2, 0.25) is 5.95 Å². The molecule has 1 aliphatic rings. The van der Waals surface area contributed by atoms with E-state index in [1.807, 2.05) is 6.07 Å². The van der Waals surface area contributed by atoms with Gasteiger partial charge in [-0.1, -0.05) is 19.3 Å². The van der Waals surface area contributed by atoms with Crippen LogP contribution < -0.4 is 11.1 Å². The number of nitrogens with one attached hydrogen (secondary N) is 1. The van der Waals surface area contributed by atoms with Gasteiger partial charge in [-0.15, -0.1) is 0 Å². The van der Waals surface area contributed by atoms with Crippen molar-refractivity contribution in [2.45, 2.75) is 37.6 Å². The Morgan fingerprint density at radius 1 is 1.20 bits per heavy atom. The van der Waals surface area contributed by atoms with Gasteiger partial charge in [0, 0.05) is 18.9 Å². The molecular formula is C11H18N4. The first-order chi connectivity index (χ1) is 7.35. The SMILES string of the molecule is NCC1(Nc2ncccn2)CCCCC1. The summed E-state index contributed by atoms with van der Waals surface area (Å²) in [6.07, 6.45) is 9.57. The molecule has 0 aliphatic heterocycles. The minimum atomic E-state index is 0.0274. The molecule has 1 aromatic heterocycles. The Bertz CT molecular complexity index is 293. The van der Waals surface area contributed by atoms with E-state index in [2.05, 4.69) is 15.3 Å². The van der Waals surface area contributed by atoms with E-state index in [0.29, 0.717) is 12.5 Å². The summed E-state index contributed by atoms with van der Waals surface area (Å²) >= 11 is 0. The topological polar surface area (TPSA) is 63.8 Å². The summed E-state index contributed by atoms with van der Waals surface area (Å²) in [6.45, 7) is 0.658. The average molecular weight is 206 g/mol. The van der Waals surface area contributed by atoms with Crippen LogP contribution in [-0.4, -0.2) is 22.1 Å². The molecule has 1 aliphatic carbocycles. The van der Waals surface area contributed by atoms with Gasteiger partial charge in [0.15, 0.2) is 0 Å². The van der Waals surface area contributed by atoms with Gasteiger partial charge in [0.05, 0.1) is 5.54 Å². The van der Waals surface area contributed by atoms with E-state index in [4.69, 9.17) is 5.73 Å². The zero-order chi connectivity index (χ0) is 10.6. The van der Waals surface area contributed by atoms with E-state index in [1.54, 1.807) is 12.4 Å². The Labute approximate surface area is 90.3 Å². The smallest absolute Gasteiger partial charge is 0.223 e. The van der Waals surface area contributed by atoms with Crippen molar-refractivity contribution in [3.05, 3.63) is 18.5 Å². The van der Waals surface area contributed by atoms with Crippen LogP contribution in [0.3, 0.4) is 0 Å². The first-order valence-corrected chi connectivity index (χ1v) is 5.60. The summed E-state index contributed by atoms with van der Waals surface area (Å²) in [4.78, 5) is 8.38. The molecule has 15 heavy (non-hydrogen) atoms. The molecule has 0 radical (unpaired) electrons. The van der Waals surface area contributed by atoms with Crippen LogP contribution in [0.25, 0.3) is 0 Å². The largest absolute Gasteiger partial charge is 0.348 e. The summed E-state index contributed by atoms with van der Waals surface area (Å²) in [5.74, 6) is 0.699. The molecule has 1 heterocycles. The second-order valence-corrected chi connectivity index (χ2v) is 4.24. The minimum Gasteiger partial charge on any atom is -0.348 e. The lowest BCUT2D eigenvalue weighted by Crippen LogP contribution is -2.47. The summed E-state index contributed by atoms with van der Waals surface area (Å²) in [5, 5.41) is 3.40. The molecular weight excluding hydrogens is 188 g/mol. The van der Waals surface area contributed by atoms with Crippen LogP contribution in [0.1, 0.15) is 32.1 Å². The van der Waals surface area contributed by atoms with Gasteiger partial charge in [0.1, 0.15) is 0 Å². The van der Waals surface area contributed by atoms with Crippen LogP contribution in [0.2, 0.25) is 0 Å². The molecule has 0 atom stereocenters. The molecule has 2 rings (SSSR count). The zero-order valence-electron chi connectivity index (χ0n) is 8.95.